The summed E-state index contributed by atoms with van der Waals surface area (Å²) in [5.41, 5.74) is -1.11. The summed E-state index contributed by atoms with van der Waals surface area (Å²) in [6, 6.07) is -2.14. The molecule has 3 N–H and O–H groups in total. The van der Waals surface area contributed by atoms with Crippen LogP contribution in [0.5, 0.6) is 0 Å². The van der Waals surface area contributed by atoms with Gasteiger partial charge in [0.05, 0.1) is 12.1 Å². The topological polar surface area (TPSA) is 73.5 Å². The molecule has 0 spiro atoms. The zero-order valence-electron chi connectivity index (χ0n) is 15.8. The number of rotatable bonds is 7. The Hall–Kier alpha value is -2.14. The van der Waals surface area contributed by atoms with E-state index in [1.807, 2.05) is 0 Å². The molecule has 2 saturated heterocycles. The Morgan fingerprint density at radius 3 is 2.57 bits per heavy atom. The van der Waals surface area contributed by atoms with E-state index in [4.69, 9.17) is 11.6 Å². The van der Waals surface area contributed by atoms with Crippen molar-refractivity contribution >= 4 is 23.5 Å². The molecule has 12 heteroatoms. The molecule has 3 rings (SSSR count). The Morgan fingerprint density at radius 2 is 2.03 bits per heavy atom. The fourth-order valence-corrected chi connectivity index (χ4v) is 4.04. The molecular weight excluding hydrogens is 435 g/mol. The van der Waals surface area contributed by atoms with Gasteiger partial charge < -0.3 is 16.0 Å². The first-order chi connectivity index (χ1) is 14.1. The van der Waals surface area contributed by atoms with E-state index in [1.54, 1.807) is 6.92 Å². The number of urea groups is 1. The van der Waals surface area contributed by atoms with Crippen molar-refractivity contribution in [2.45, 2.75) is 31.5 Å². The molecule has 2 aliphatic rings. The number of carbonyl (C=O) groups is 2. The average Bonchev–Trinajstić information content (AvgIpc) is 3.10. The highest BCUT2D eigenvalue weighted by molar-refractivity contribution is 6.31. The minimum atomic E-state index is -2.91. The smallest absolute Gasteiger partial charge is 0.315 e. The van der Waals surface area contributed by atoms with Gasteiger partial charge in [0.15, 0.2) is 0 Å². The van der Waals surface area contributed by atoms with Gasteiger partial charge in [-0.15, -0.1) is 0 Å². The van der Waals surface area contributed by atoms with Crippen molar-refractivity contribution in [1.82, 2.24) is 20.9 Å². The maximum absolute atomic E-state index is 14.7. The predicted octanol–water partition coefficient (Wildman–Crippen LogP) is 2.38. The van der Waals surface area contributed by atoms with E-state index in [2.05, 4.69) is 16.0 Å². The van der Waals surface area contributed by atoms with Crippen molar-refractivity contribution in [1.29, 1.82) is 0 Å². The zero-order valence-corrected chi connectivity index (χ0v) is 16.6. The molecule has 3 atom stereocenters. The van der Waals surface area contributed by atoms with E-state index < -0.39 is 65.2 Å². The van der Waals surface area contributed by atoms with Gasteiger partial charge in [0.2, 0.25) is 5.91 Å². The number of hydrogen-bond acceptors (Lipinski definition) is 3. The van der Waals surface area contributed by atoms with Gasteiger partial charge in [-0.2, -0.15) is 0 Å². The highest BCUT2D eigenvalue weighted by Crippen LogP contribution is 2.45. The monoisotopic (exact) mass is 454 g/mol. The Morgan fingerprint density at radius 1 is 1.37 bits per heavy atom. The maximum Gasteiger partial charge on any atom is 0.315 e. The van der Waals surface area contributed by atoms with Crippen LogP contribution in [0.3, 0.4) is 0 Å². The minimum absolute atomic E-state index is 0.00217. The first-order valence-electron chi connectivity index (χ1n) is 9.13. The summed E-state index contributed by atoms with van der Waals surface area (Å²) < 4.78 is 67.5. The molecule has 6 nitrogen and oxygen atoms in total. The Balaban J connectivity index is 1.88. The van der Waals surface area contributed by atoms with Gasteiger partial charge in [0.1, 0.15) is 29.4 Å². The second-order valence-electron chi connectivity index (χ2n) is 7.73. The van der Waals surface area contributed by atoms with Crippen molar-refractivity contribution in [3.8, 4) is 0 Å². The minimum Gasteiger partial charge on any atom is -0.347 e. The van der Waals surface area contributed by atoms with Gasteiger partial charge >= 0.3 is 6.03 Å². The van der Waals surface area contributed by atoms with Gasteiger partial charge in [-0.05, 0) is 6.07 Å². The Labute approximate surface area is 174 Å². The largest absolute Gasteiger partial charge is 0.347 e. The van der Waals surface area contributed by atoms with Crippen LogP contribution in [-0.4, -0.2) is 61.7 Å². The fraction of sp³-hybridized carbons (Fsp3) is 0.556. The molecule has 1 aromatic carbocycles. The quantitative estimate of drug-likeness (QED) is 0.437. The summed E-state index contributed by atoms with van der Waals surface area (Å²) >= 11 is 5.68. The summed E-state index contributed by atoms with van der Waals surface area (Å²) in [6.07, 6.45) is -2.91. The van der Waals surface area contributed by atoms with Crippen molar-refractivity contribution < 1.29 is 31.5 Å². The van der Waals surface area contributed by atoms with E-state index in [0.717, 1.165) is 12.1 Å². The second-order valence-corrected chi connectivity index (χ2v) is 8.11. The van der Waals surface area contributed by atoms with Gasteiger partial charge in [0.25, 0.3) is 6.43 Å². The van der Waals surface area contributed by atoms with Gasteiger partial charge in [-0.3, -0.25) is 9.69 Å². The van der Waals surface area contributed by atoms with Crippen LogP contribution in [0.1, 0.15) is 18.5 Å². The summed E-state index contributed by atoms with van der Waals surface area (Å²) in [5.74, 6) is -2.73. The SMILES string of the molecule is CC1([C@H](NC(=O)C2CNC(=O)N2)c2ccc(F)c(Cl)c2F)CN(C(CF)C(F)F)C1. The van der Waals surface area contributed by atoms with E-state index in [1.165, 1.54) is 4.90 Å². The van der Waals surface area contributed by atoms with E-state index in [0.29, 0.717) is 0 Å². The van der Waals surface area contributed by atoms with Crippen LogP contribution in [0, 0.1) is 17.0 Å². The second kappa shape index (κ2) is 8.54. The third-order valence-corrected chi connectivity index (χ3v) is 5.84. The molecule has 3 amide bonds. The third kappa shape index (κ3) is 4.18. The molecule has 0 aliphatic carbocycles. The lowest BCUT2D eigenvalue weighted by Gasteiger charge is -2.54. The highest BCUT2D eigenvalue weighted by Gasteiger charge is 2.51. The van der Waals surface area contributed by atoms with Crippen LogP contribution in [-0.2, 0) is 4.79 Å². The number of hydrogen-bond donors (Lipinski definition) is 3. The number of halogens is 6. The molecule has 0 bridgehead atoms. The van der Waals surface area contributed by atoms with Crippen LogP contribution >= 0.6 is 11.6 Å². The third-order valence-electron chi connectivity index (χ3n) is 5.49. The van der Waals surface area contributed by atoms with Crippen LogP contribution in [0.4, 0.5) is 26.7 Å². The lowest BCUT2D eigenvalue weighted by Crippen LogP contribution is -2.65. The van der Waals surface area contributed by atoms with Crippen LogP contribution in [0.2, 0.25) is 5.02 Å². The maximum atomic E-state index is 14.7. The Kier molecular flexibility index (Phi) is 6.42. The lowest BCUT2D eigenvalue weighted by atomic mass is 9.71. The van der Waals surface area contributed by atoms with Gasteiger partial charge in [-0.1, -0.05) is 24.6 Å². The number of amides is 3. The van der Waals surface area contributed by atoms with E-state index >= 15 is 0 Å². The van der Waals surface area contributed by atoms with Gasteiger partial charge in [0, 0.05) is 30.6 Å². The van der Waals surface area contributed by atoms with Crippen molar-refractivity contribution in [2.75, 3.05) is 26.3 Å². The molecule has 0 saturated carbocycles. The normalized spacial score (nSPS) is 22.8. The molecule has 0 radical (unpaired) electrons. The summed E-state index contributed by atoms with van der Waals surface area (Å²) in [7, 11) is 0. The number of likely N-dealkylation sites (tertiary alicyclic amines) is 1. The molecule has 166 valence electrons. The highest BCUT2D eigenvalue weighted by atomic mass is 35.5. The zero-order chi connectivity index (χ0) is 22.2. The first-order valence-corrected chi connectivity index (χ1v) is 9.51. The number of nitrogens with one attached hydrogen (secondary N) is 3. The standard InChI is InChI=1S/C18H20ClF5N4O2/c1-18(6-28(7-18)11(4-20)15(23)24)14(8-2-3-9(21)12(19)13(8)22)27-16(29)10-5-25-17(30)26-10/h2-3,10-11,14-15H,4-7H2,1H3,(H,27,29)(H2,25,26,30)/t10?,11?,14-/m1/s1. The van der Waals surface area contributed by atoms with Crippen molar-refractivity contribution in [2.24, 2.45) is 5.41 Å². The number of carbonyl (C=O) groups excluding carboxylic acids is 2. The Bertz CT molecular complexity index is 837. The number of nitrogens with zero attached hydrogens (tertiary/aromatic N) is 1. The van der Waals surface area contributed by atoms with Crippen LogP contribution in [0.25, 0.3) is 0 Å². The van der Waals surface area contributed by atoms with E-state index in [-0.39, 0.29) is 25.2 Å². The fourth-order valence-electron chi connectivity index (χ4n) is 3.87. The molecular formula is C18H20ClF5N4O2. The number of alkyl halides is 3. The summed E-state index contributed by atoms with van der Waals surface area (Å²) in [6.45, 7) is 0.210. The first kappa shape index (κ1) is 22.5. The van der Waals surface area contributed by atoms with E-state index in [9.17, 15) is 31.5 Å². The molecule has 2 heterocycles. The van der Waals surface area contributed by atoms with Gasteiger partial charge in [-0.25, -0.2) is 26.7 Å². The lowest BCUT2D eigenvalue weighted by molar-refractivity contribution is -0.129. The predicted molar refractivity (Wildman–Crippen MR) is 98.0 cm³/mol. The van der Waals surface area contributed by atoms with Crippen molar-refractivity contribution in [3.63, 3.8) is 0 Å². The summed E-state index contributed by atoms with van der Waals surface area (Å²) in [4.78, 5) is 25.1. The van der Waals surface area contributed by atoms with Crippen molar-refractivity contribution in [3.05, 3.63) is 34.4 Å². The molecule has 1 aromatic rings. The molecule has 2 unspecified atom stereocenters. The summed E-state index contributed by atoms with van der Waals surface area (Å²) in [5, 5.41) is 6.64. The van der Waals surface area contributed by atoms with Crippen LogP contribution < -0.4 is 16.0 Å². The molecule has 2 fully saturated rings. The molecule has 30 heavy (non-hydrogen) atoms. The average molecular weight is 455 g/mol. The molecule has 0 aromatic heterocycles. The number of benzene rings is 1. The molecule has 2 aliphatic heterocycles. The van der Waals surface area contributed by atoms with Crippen LogP contribution in [0.15, 0.2) is 12.1 Å².